The summed E-state index contributed by atoms with van der Waals surface area (Å²) in [7, 11) is 0. The van der Waals surface area contributed by atoms with Crippen LogP contribution in [0.3, 0.4) is 0 Å². The minimum absolute atomic E-state index is 0.733. The molecule has 0 spiro atoms. The van der Waals surface area contributed by atoms with Crippen LogP contribution in [0.1, 0.15) is 25.2 Å². The van der Waals surface area contributed by atoms with Gasteiger partial charge >= 0.3 is 0 Å². The molecule has 2 aromatic rings. The zero-order valence-corrected chi connectivity index (χ0v) is 11.5. The number of nitrogens with zero attached hydrogens (tertiary/aromatic N) is 5. The number of hydrogen-bond acceptors (Lipinski definition) is 3. The van der Waals surface area contributed by atoms with E-state index >= 15 is 0 Å². The van der Waals surface area contributed by atoms with Crippen LogP contribution in [0.5, 0.6) is 0 Å². The lowest BCUT2D eigenvalue weighted by Crippen LogP contribution is -2.08. The van der Waals surface area contributed by atoms with Crippen LogP contribution in [0.15, 0.2) is 12.4 Å². The molecular weight excluding hydrogens is 317 g/mol. The van der Waals surface area contributed by atoms with Gasteiger partial charge in [0.1, 0.15) is 6.33 Å². The van der Waals surface area contributed by atoms with Gasteiger partial charge in [-0.05, 0) is 19.4 Å². The number of hydrogen-bond donors (Lipinski definition) is 0. The summed E-state index contributed by atoms with van der Waals surface area (Å²) in [6.45, 7) is 5.84. The van der Waals surface area contributed by atoms with Crippen molar-refractivity contribution in [1.29, 1.82) is 0 Å². The van der Waals surface area contributed by atoms with Gasteiger partial charge in [0.2, 0.25) is 3.83 Å². The van der Waals surface area contributed by atoms with Crippen LogP contribution in [0.2, 0.25) is 0 Å². The number of aryl methyl sites for hydroxylation is 2. The number of halogens is 1. The topological polar surface area (TPSA) is 48.5 Å². The second-order valence-electron chi connectivity index (χ2n) is 3.51. The Hall–Kier alpha value is -0.920. The van der Waals surface area contributed by atoms with Crippen molar-refractivity contribution in [3.8, 4) is 0 Å². The van der Waals surface area contributed by atoms with Gasteiger partial charge in [0.15, 0.2) is 0 Å². The highest BCUT2D eigenvalue weighted by Gasteiger charge is 2.07. The van der Waals surface area contributed by atoms with E-state index in [-0.39, 0.29) is 0 Å². The first kappa shape index (κ1) is 11.6. The molecule has 0 saturated heterocycles. The first-order chi connectivity index (χ1) is 7.72. The Morgan fingerprint density at radius 2 is 2.12 bits per heavy atom. The summed E-state index contributed by atoms with van der Waals surface area (Å²) in [6.07, 6.45) is 2.72. The molecule has 5 nitrogen and oxygen atoms in total. The summed E-state index contributed by atoms with van der Waals surface area (Å²) < 4.78 is 4.63. The average Bonchev–Trinajstić information content (AvgIpc) is 2.85. The lowest BCUT2D eigenvalue weighted by Gasteiger charge is -2.03. The average molecular weight is 331 g/mol. The minimum Gasteiger partial charge on any atom is -0.268 e. The second kappa shape index (κ2) is 4.94. The van der Waals surface area contributed by atoms with Gasteiger partial charge < -0.3 is 0 Å². The summed E-state index contributed by atoms with van der Waals surface area (Å²) in [6, 6.07) is 2.14. The molecule has 0 aliphatic heterocycles. The summed E-state index contributed by atoms with van der Waals surface area (Å²) in [5.41, 5.74) is 2.31. The largest absolute Gasteiger partial charge is 0.268 e. The second-order valence-corrected chi connectivity index (χ2v) is 4.47. The molecule has 2 heterocycles. The molecule has 0 bridgehead atoms. The smallest absolute Gasteiger partial charge is 0.211 e. The Morgan fingerprint density at radius 1 is 1.31 bits per heavy atom. The Morgan fingerprint density at radius 3 is 2.69 bits per heavy atom. The summed E-state index contributed by atoms with van der Waals surface area (Å²) in [5, 5.41) is 8.77. The van der Waals surface area contributed by atoms with Crippen LogP contribution >= 0.6 is 22.6 Å². The Balaban J connectivity index is 2.22. The first-order valence-electron chi connectivity index (χ1n) is 5.33. The maximum atomic E-state index is 4.50. The van der Waals surface area contributed by atoms with Gasteiger partial charge in [0.25, 0.3) is 0 Å². The summed E-state index contributed by atoms with van der Waals surface area (Å²) in [5.74, 6) is 0. The van der Waals surface area contributed by atoms with Crippen molar-refractivity contribution in [2.24, 2.45) is 0 Å². The van der Waals surface area contributed by atoms with Gasteiger partial charge in [0, 0.05) is 29.1 Å². The van der Waals surface area contributed by atoms with E-state index in [2.05, 4.69) is 57.7 Å². The lowest BCUT2D eigenvalue weighted by molar-refractivity contribution is 0.572. The van der Waals surface area contributed by atoms with Crippen LogP contribution in [-0.4, -0.2) is 24.5 Å². The molecule has 2 aromatic heterocycles. The molecule has 0 aromatic carbocycles. The van der Waals surface area contributed by atoms with E-state index in [0.29, 0.717) is 0 Å². The predicted molar refractivity (Wildman–Crippen MR) is 69.1 cm³/mol. The minimum atomic E-state index is 0.733. The zero-order chi connectivity index (χ0) is 11.5. The van der Waals surface area contributed by atoms with Crippen molar-refractivity contribution < 1.29 is 0 Å². The SMILES string of the molecule is CCc1cc(Cn2cnc(I)n2)n(CC)n1. The van der Waals surface area contributed by atoms with Gasteiger partial charge in [-0.15, -0.1) is 5.10 Å². The molecule has 0 atom stereocenters. The molecule has 0 aliphatic carbocycles. The molecule has 6 heteroatoms. The highest BCUT2D eigenvalue weighted by molar-refractivity contribution is 14.1. The van der Waals surface area contributed by atoms with Crippen molar-refractivity contribution >= 4 is 22.6 Å². The molecule has 0 aliphatic rings. The molecule has 86 valence electrons. The lowest BCUT2D eigenvalue weighted by atomic mass is 10.3. The van der Waals surface area contributed by atoms with Crippen molar-refractivity contribution in [3.05, 3.63) is 27.6 Å². The van der Waals surface area contributed by atoms with Gasteiger partial charge in [-0.2, -0.15) is 5.10 Å². The van der Waals surface area contributed by atoms with Gasteiger partial charge in [-0.3, -0.25) is 4.68 Å². The standard InChI is InChI=1S/C10H14IN5/c1-3-8-5-9(16(4-2)13-8)6-15-7-12-10(11)14-15/h5,7H,3-4,6H2,1-2H3. The third-order valence-corrected chi connectivity index (χ3v) is 2.90. The summed E-state index contributed by atoms with van der Waals surface area (Å²) in [4.78, 5) is 4.10. The van der Waals surface area contributed by atoms with Crippen molar-refractivity contribution in [2.45, 2.75) is 33.4 Å². The number of aromatic nitrogens is 5. The van der Waals surface area contributed by atoms with Crippen LogP contribution < -0.4 is 0 Å². The first-order valence-corrected chi connectivity index (χ1v) is 6.41. The van der Waals surface area contributed by atoms with E-state index in [9.17, 15) is 0 Å². The molecule has 0 unspecified atom stereocenters. The molecule has 16 heavy (non-hydrogen) atoms. The number of rotatable bonds is 4. The van der Waals surface area contributed by atoms with Crippen LogP contribution in [0.25, 0.3) is 0 Å². The van der Waals surface area contributed by atoms with E-state index in [0.717, 1.165) is 29.0 Å². The van der Waals surface area contributed by atoms with E-state index in [1.165, 1.54) is 5.69 Å². The van der Waals surface area contributed by atoms with Crippen molar-refractivity contribution in [2.75, 3.05) is 0 Å². The fourth-order valence-electron chi connectivity index (χ4n) is 1.60. The quantitative estimate of drug-likeness (QED) is 0.802. The van der Waals surface area contributed by atoms with Crippen LogP contribution in [0.4, 0.5) is 0 Å². The maximum absolute atomic E-state index is 4.50. The monoisotopic (exact) mass is 331 g/mol. The molecule has 0 amide bonds. The van der Waals surface area contributed by atoms with E-state index < -0.39 is 0 Å². The zero-order valence-electron chi connectivity index (χ0n) is 9.39. The molecular formula is C10H14IN5. The van der Waals surface area contributed by atoms with Gasteiger partial charge in [-0.25, -0.2) is 9.67 Å². The fourth-order valence-corrected chi connectivity index (χ4v) is 2.00. The predicted octanol–water partition coefficient (Wildman–Crippen LogP) is 1.71. The molecule has 0 radical (unpaired) electrons. The highest BCUT2D eigenvalue weighted by Crippen LogP contribution is 2.07. The van der Waals surface area contributed by atoms with Crippen LogP contribution in [0, 0.1) is 3.83 Å². The Bertz CT molecular complexity index is 473. The third-order valence-electron chi connectivity index (χ3n) is 2.41. The molecule has 0 N–H and O–H groups in total. The molecule has 0 saturated carbocycles. The van der Waals surface area contributed by atoms with Crippen molar-refractivity contribution in [1.82, 2.24) is 24.5 Å². The van der Waals surface area contributed by atoms with Crippen molar-refractivity contribution in [3.63, 3.8) is 0 Å². The normalized spacial score (nSPS) is 10.9. The fraction of sp³-hybridized carbons (Fsp3) is 0.500. The maximum Gasteiger partial charge on any atom is 0.211 e. The van der Waals surface area contributed by atoms with Crippen LogP contribution in [-0.2, 0) is 19.5 Å². The van der Waals surface area contributed by atoms with E-state index in [1.54, 1.807) is 6.33 Å². The van der Waals surface area contributed by atoms with E-state index in [1.807, 2.05) is 9.36 Å². The summed E-state index contributed by atoms with van der Waals surface area (Å²) >= 11 is 2.11. The molecule has 2 rings (SSSR count). The highest BCUT2D eigenvalue weighted by atomic mass is 127. The van der Waals surface area contributed by atoms with Gasteiger partial charge in [0.05, 0.1) is 17.9 Å². The Kier molecular flexibility index (Phi) is 3.57. The molecule has 0 fully saturated rings. The Labute approximate surface area is 108 Å². The van der Waals surface area contributed by atoms with E-state index in [4.69, 9.17) is 0 Å². The third kappa shape index (κ3) is 2.42. The van der Waals surface area contributed by atoms with Gasteiger partial charge in [-0.1, -0.05) is 6.92 Å².